The molecule has 2 aromatic rings. The molecule has 146 valence electrons. The van der Waals surface area contributed by atoms with E-state index in [4.69, 9.17) is 0 Å². The van der Waals surface area contributed by atoms with Crippen molar-refractivity contribution in [1.29, 1.82) is 0 Å². The first kappa shape index (κ1) is 20.6. The van der Waals surface area contributed by atoms with Crippen LogP contribution in [0.25, 0.3) is 0 Å². The summed E-state index contributed by atoms with van der Waals surface area (Å²) in [6.45, 7) is -0.656. The fourth-order valence-corrected chi connectivity index (χ4v) is 2.97. The molecule has 2 rings (SSSR count). The highest BCUT2D eigenvalue weighted by Gasteiger charge is 2.31. The Morgan fingerprint density at radius 1 is 1.19 bits per heavy atom. The van der Waals surface area contributed by atoms with Gasteiger partial charge in [0.2, 0.25) is 15.9 Å². The minimum Gasteiger partial charge on any atom is -0.350 e. The predicted molar refractivity (Wildman–Crippen MR) is 90.2 cm³/mol. The summed E-state index contributed by atoms with van der Waals surface area (Å²) < 4.78 is 64.4. The van der Waals surface area contributed by atoms with Gasteiger partial charge in [0.1, 0.15) is 6.54 Å². The molecule has 7 nitrogen and oxygen atoms in total. The second-order valence-electron chi connectivity index (χ2n) is 5.51. The molecule has 2 N–H and O–H groups in total. The lowest BCUT2D eigenvalue weighted by Crippen LogP contribution is -2.32. The quantitative estimate of drug-likeness (QED) is 0.755. The normalized spacial score (nSPS) is 12.0. The predicted octanol–water partition coefficient (Wildman–Crippen LogP) is 1.09. The first-order chi connectivity index (χ1) is 12.5. The van der Waals surface area contributed by atoms with E-state index < -0.39 is 39.8 Å². The number of halogens is 3. The van der Waals surface area contributed by atoms with Gasteiger partial charge in [-0.25, -0.2) is 13.1 Å². The fourth-order valence-electron chi connectivity index (χ4n) is 2.17. The number of nitrogens with zero attached hydrogens (tertiary/aromatic N) is 1. The highest BCUT2D eigenvalue weighted by molar-refractivity contribution is 7.89. The van der Waals surface area contributed by atoms with Gasteiger partial charge >= 0.3 is 6.18 Å². The second kappa shape index (κ2) is 7.92. The van der Waals surface area contributed by atoms with Gasteiger partial charge < -0.3 is 9.88 Å². The van der Waals surface area contributed by atoms with Crippen molar-refractivity contribution in [3.63, 3.8) is 0 Å². The maximum atomic E-state index is 12.7. The molecular formula is C16H16F3N3O4S. The highest BCUT2D eigenvalue weighted by atomic mass is 32.2. The van der Waals surface area contributed by atoms with E-state index in [-0.39, 0.29) is 11.4 Å². The van der Waals surface area contributed by atoms with Crippen LogP contribution in [0.15, 0.2) is 52.3 Å². The number of benzene rings is 1. The van der Waals surface area contributed by atoms with Crippen molar-refractivity contribution >= 4 is 15.9 Å². The first-order valence-corrected chi connectivity index (χ1v) is 9.08. The summed E-state index contributed by atoms with van der Waals surface area (Å²) in [7, 11) is -2.39. The van der Waals surface area contributed by atoms with E-state index in [1.54, 1.807) is 6.07 Å². The monoisotopic (exact) mass is 403 g/mol. The lowest BCUT2D eigenvalue weighted by molar-refractivity contribution is -0.138. The Hall–Kier alpha value is -2.66. The fraction of sp³-hybridized carbons (Fsp3) is 0.250. The Kier molecular flexibility index (Phi) is 6.06. The van der Waals surface area contributed by atoms with Crippen molar-refractivity contribution in [2.75, 3.05) is 7.05 Å². The minimum absolute atomic E-state index is 0.00541. The molecule has 0 saturated heterocycles. The largest absolute Gasteiger partial charge is 0.417 e. The third-order valence-corrected chi connectivity index (χ3v) is 5.00. The molecule has 0 fully saturated rings. The maximum Gasteiger partial charge on any atom is 0.417 e. The van der Waals surface area contributed by atoms with E-state index in [0.29, 0.717) is 22.4 Å². The standard InChI is InChI=1S/C16H16F3N3O4S/c1-20-27(25,26)13-4-2-3-11(7-13)8-21-14(23)10-22-9-12(16(17,18)19)5-6-15(22)24/h2-7,9,20H,8,10H2,1H3,(H,21,23). The summed E-state index contributed by atoms with van der Waals surface area (Å²) in [5.41, 5.74) is -1.32. The number of rotatable bonds is 6. The van der Waals surface area contributed by atoms with Gasteiger partial charge in [0.05, 0.1) is 10.5 Å². The van der Waals surface area contributed by atoms with Crippen LogP contribution in [0.1, 0.15) is 11.1 Å². The smallest absolute Gasteiger partial charge is 0.350 e. The van der Waals surface area contributed by atoms with Crippen molar-refractivity contribution in [3.8, 4) is 0 Å². The Bertz CT molecular complexity index is 1000. The van der Waals surface area contributed by atoms with E-state index in [1.165, 1.54) is 25.2 Å². The lowest BCUT2D eigenvalue weighted by atomic mass is 10.2. The third kappa shape index (κ3) is 5.41. The van der Waals surface area contributed by atoms with Crippen LogP contribution >= 0.6 is 0 Å². The van der Waals surface area contributed by atoms with Gasteiger partial charge in [0.25, 0.3) is 5.56 Å². The molecular weight excluding hydrogens is 387 g/mol. The molecule has 1 heterocycles. The maximum absolute atomic E-state index is 12.7. The molecule has 27 heavy (non-hydrogen) atoms. The number of nitrogens with one attached hydrogen (secondary N) is 2. The number of sulfonamides is 1. The van der Waals surface area contributed by atoms with Crippen LogP contribution in [0, 0.1) is 0 Å². The van der Waals surface area contributed by atoms with Crippen molar-refractivity contribution in [2.24, 2.45) is 0 Å². The lowest BCUT2D eigenvalue weighted by Gasteiger charge is -2.11. The summed E-state index contributed by atoms with van der Waals surface area (Å²) in [5, 5.41) is 2.43. The Labute approximate surface area is 152 Å². The molecule has 0 saturated carbocycles. The topological polar surface area (TPSA) is 97.3 Å². The number of aromatic nitrogens is 1. The molecule has 0 bridgehead atoms. The number of carbonyl (C=O) groups excluding carboxylic acids is 1. The molecule has 1 aromatic carbocycles. The second-order valence-corrected chi connectivity index (χ2v) is 7.40. The summed E-state index contributed by atoms with van der Waals surface area (Å²) in [5.74, 6) is -0.696. The van der Waals surface area contributed by atoms with Gasteiger partial charge in [-0.15, -0.1) is 0 Å². The zero-order valence-electron chi connectivity index (χ0n) is 14.1. The first-order valence-electron chi connectivity index (χ1n) is 7.60. The van der Waals surface area contributed by atoms with Crippen molar-refractivity contribution in [2.45, 2.75) is 24.2 Å². The molecule has 0 unspecified atom stereocenters. The Balaban J connectivity index is 2.08. The van der Waals surface area contributed by atoms with Crippen LogP contribution in [0.5, 0.6) is 0 Å². The van der Waals surface area contributed by atoms with Crippen LogP contribution in [0.4, 0.5) is 13.2 Å². The summed E-state index contributed by atoms with van der Waals surface area (Å²) >= 11 is 0. The van der Waals surface area contributed by atoms with Gasteiger partial charge in [0.15, 0.2) is 0 Å². The van der Waals surface area contributed by atoms with Gasteiger partial charge in [-0.2, -0.15) is 13.2 Å². The number of alkyl halides is 3. The van der Waals surface area contributed by atoms with Gasteiger partial charge in [-0.05, 0) is 30.8 Å². The minimum atomic E-state index is -4.63. The van der Waals surface area contributed by atoms with E-state index in [0.717, 1.165) is 6.07 Å². The number of pyridine rings is 1. The van der Waals surface area contributed by atoms with Crippen LogP contribution < -0.4 is 15.6 Å². The molecule has 1 aromatic heterocycles. The molecule has 1 amide bonds. The average Bonchev–Trinajstić information content (AvgIpc) is 2.61. The summed E-state index contributed by atoms with van der Waals surface area (Å²) in [4.78, 5) is 23.6. The van der Waals surface area contributed by atoms with Crippen LogP contribution in [-0.2, 0) is 34.1 Å². The van der Waals surface area contributed by atoms with Crippen LogP contribution in [-0.4, -0.2) is 25.9 Å². The van der Waals surface area contributed by atoms with E-state index >= 15 is 0 Å². The van der Waals surface area contributed by atoms with E-state index in [2.05, 4.69) is 10.0 Å². The highest BCUT2D eigenvalue weighted by Crippen LogP contribution is 2.27. The number of carbonyl (C=O) groups is 1. The zero-order valence-corrected chi connectivity index (χ0v) is 14.9. The van der Waals surface area contributed by atoms with Crippen LogP contribution in [0.2, 0.25) is 0 Å². The van der Waals surface area contributed by atoms with Gasteiger partial charge in [-0.3, -0.25) is 9.59 Å². The van der Waals surface area contributed by atoms with E-state index in [9.17, 15) is 31.2 Å². The molecule has 0 aliphatic heterocycles. The molecule has 0 atom stereocenters. The van der Waals surface area contributed by atoms with Gasteiger partial charge in [0, 0.05) is 18.8 Å². The number of hydrogen-bond donors (Lipinski definition) is 2. The molecule has 11 heteroatoms. The summed E-state index contributed by atoms with van der Waals surface area (Å²) in [6, 6.07) is 7.17. The van der Waals surface area contributed by atoms with Crippen molar-refractivity contribution in [1.82, 2.24) is 14.6 Å². The molecule has 0 radical (unpaired) electrons. The SMILES string of the molecule is CNS(=O)(=O)c1cccc(CNC(=O)Cn2cc(C(F)(F)F)ccc2=O)c1. The van der Waals surface area contributed by atoms with E-state index in [1.807, 2.05) is 0 Å². The van der Waals surface area contributed by atoms with Crippen molar-refractivity contribution in [3.05, 3.63) is 64.1 Å². The molecule has 0 aliphatic rings. The average molecular weight is 403 g/mol. The van der Waals surface area contributed by atoms with Crippen molar-refractivity contribution < 1.29 is 26.4 Å². The molecule has 0 spiro atoms. The zero-order chi connectivity index (χ0) is 20.2. The molecule has 0 aliphatic carbocycles. The number of hydrogen-bond acceptors (Lipinski definition) is 4. The summed E-state index contributed by atoms with van der Waals surface area (Å²) in [6.07, 6.45) is -4.06. The third-order valence-electron chi connectivity index (χ3n) is 3.59. The van der Waals surface area contributed by atoms with Gasteiger partial charge in [-0.1, -0.05) is 12.1 Å². The Morgan fingerprint density at radius 3 is 2.52 bits per heavy atom. The number of amides is 1. The Morgan fingerprint density at radius 2 is 1.89 bits per heavy atom. The van der Waals surface area contributed by atoms with Crippen LogP contribution in [0.3, 0.4) is 0 Å².